The molecule has 3 heterocycles. The van der Waals surface area contributed by atoms with Crippen LogP contribution >= 0.6 is 0 Å². The number of carbonyl (C=O) groups excluding carboxylic acids is 1. The van der Waals surface area contributed by atoms with Crippen molar-refractivity contribution in [1.82, 2.24) is 14.9 Å². The minimum Gasteiger partial charge on any atom is -0.488 e. The van der Waals surface area contributed by atoms with E-state index in [1.54, 1.807) is 17.9 Å². The van der Waals surface area contributed by atoms with Crippen LogP contribution in [0.3, 0.4) is 0 Å². The Morgan fingerprint density at radius 2 is 2.08 bits per heavy atom. The number of aromatic nitrogens is 2. The normalized spacial score (nSPS) is 16.8. The van der Waals surface area contributed by atoms with Crippen molar-refractivity contribution in [2.45, 2.75) is 19.4 Å². The van der Waals surface area contributed by atoms with Crippen LogP contribution in [-0.2, 0) is 0 Å². The maximum absolute atomic E-state index is 12.7. The van der Waals surface area contributed by atoms with Gasteiger partial charge in [0.1, 0.15) is 23.3 Å². The van der Waals surface area contributed by atoms with Crippen LogP contribution in [0.4, 0.5) is 0 Å². The number of para-hydroxylation sites is 2. The number of rotatable bonds is 3. The molecular weight excluding hydrogens is 334 g/mol. The lowest BCUT2D eigenvalue weighted by Crippen LogP contribution is -2.31. The zero-order chi connectivity index (χ0) is 18.1. The van der Waals surface area contributed by atoms with Crippen molar-refractivity contribution in [2.24, 2.45) is 0 Å². The van der Waals surface area contributed by atoms with Crippen LogP contribution in [-0.4, -0.2) is 40.0 Å². The Bertz CT molecular complexity index is 1030. The van der Waals surface area contributed by atoms with Crippen molar-refractivity contribution < 1.29 is 13.9 Å². The molecule has 0 aliphatic carbocycles. The molecule has 1 fully saturated rings. The first kappa shape index (κ1) is 16.3. The van der Waals surface area contributed by atoms with Gasteiger partial charge < -0.3 is 14.1 Å². The zero-order valence-electron chi connectivity index (χ0n) is 14.2. The number of nitrogens with zero attached hydrogens (tertiary/aromatic N) is 3. The van der Waals surface area contributed by atoms with E-state index in [0.29, 0.717) is 42.2 Å². The van der Waals surface area contributed by atoms with Crippen LogP contribution in [0.1, 0.15) is 22.7 Å². The molecule has 1 atom stereocenters. The van der Waals surface area contributed by atoms with Gasteiger partial charge in [0.25, 0.3) is 5.91 Å². The minimum absolute atomic E-state index is 0.168. The average Bonchev–Trinajstić information content (AvgIpc) is 3.08. The van der Waals surface area contributed by atoms with Gasteiger partial charge in [-0.25, -0.2) is 9.78 Å². The van der Waals surface area contributed by atoms with Gasteiger partial charge in [-0.3, -0.25) is 9.78 Å². The molecule has 1 aromatic carbocycles. The highest BCUT2D eigenvalue weighted by atomic mass is 16.5. The van der Waals surface area contributed by atoms with Gasteiger partial charge in [0.05, 0.1) is 29.8 Å². The Balaban J connectivity index is 1.47. The molecule has 1 amide bonds. The Kier molecular flexibility index (Phi) is 4.12. The summed E-state index contributed by atoms with van der Waals surface area (Å²) in [5.74, 6) is 0.784. The summed E-state index contributed by atoms with van der Waals surface area (Å²) in [5.41, 5.74) is 1.32. The lowest BCUT2D eigenvalue weighted by molar-refractivity contribution is 0.0766. The number of amides is 1. The van der Waals surface area contributed by atoms with E-state index in [1.807, 2.05) is 24.3 Å². The maximum atomic E-state index is 12.7. The molecule has 3 aromatic rings. The molecule has 0 N–H and O–H groups in total. The van der Waals surface area contributed by atoms with E-state index in [1.165, 1.54) is 12.3 Å². The predicted octanol–water partition coefficient (Wildman–Crippen LogP) is 2.18. The van der Waals surface area contributed by atoms with Gasteiger partial charge in [0, 0.05) is 19.0 Å². The maximum Gasteiger partial charge on any atom is 0.339 e. The highest BCUT2D eigenvalue weighted by Gasteiger charge is 2.29. The minimum atomic E-state index is -0.447. The number of benzene rings is 1. The number of hydrogen-bond acceptors (Lipinski definition) is 6. The van der Waals surface area contributed by atoms with Crippen molar-refractivity contribution in [3.63, 3.8) is 0 Å². The number of aryl methyl sites for hydroxylation is 1. The third-order valence-corrected chi connectivity index (χ3v) is 4.27. The number of fused-ring (bicyclic) bond motifs is 1. The van der Waals surface area contributed by atoms with Gasteiger partial charge in [0.2, 0.25) is 0 Å². The largest absolute Gasteiger partial charge is 0.488 e. The first-order valence-electron chi connectivity index (χ1n) is 8.38. The van der Waals surface area contributed by atoms with Gasteiger partial charge in [-0.15, -0.1) is 0 Å². The van der Waals surface area contributed by atoms with Crippen molar-refractivity contribution in [2.75, 3.05) is 13.1 Å². The summed E-state index contributed by atoms with van der Waals surface area (Å²) in [6.07, 6.45) is 2.02. The summed E-state index contributed by atoms with van der Waals surface area (Å²) < 4.78 is 10.8. The lowest BCUT2D eigenvalue weighted by Gasteiger charge is -2.17. The Morgan fingerprint density at radius 3 is 2.88 bits per heavy atom. The molecule has 0 radical (unpaired) electrons. The van der Waals surface area contributed by atoms with Crippen molar-refractivity contribution >= 4 is 16.9 Å². The molecule has 0 bridgehead atoms. The van der Waals surface area contributed by atoms with E-state index in [0.717, 1.165) is 5.52 Å². The second-order valence-corrected chi connectivity index (χ2v) is 6.25. The zero-order valence-corrected chi connectivity index (χ0v) is 14.2. The molecule has 1 unspecified atom stereocenters. The third-order valence-electron chi connectivity index (χ3n) is 4.27. The Hall–Kier alpha value is -3.22. The fraction of sp³-hybridized carbons (Fsp3) is 0.263. The van der Waals surface area contributed by atoms with Crippen LogP contribution in [0.15, 0.2) is 51.8 Å². The molecule has 7 heteroatoms. The molecule has 26 heavy (non-hydrogen) atoms. The van der Waals surface area contributed by atoms with E-state index in [9.17, 15) is 9.59 Å². The Morgan fingerprint density at radius 1 is 1.27 bits per heavy atom. The molecule has 2 aromatic heterocycles. The van der Waals surface area contributed by atoms with Gasteiger partial charge in [-0.1, -0.05) is 12.1 Å². The summed E-state index contributed by atoms with van der Waals surface area (Å²) in [4.78, 5) is 34.5. The van der Waals surface area contributed by atoms with Crippen molar-refractivity contribution in [3.8, 4) is 5.75 Å². The summed E-state index contributed by atoms with van der Waals surface area (Å²) in [5, 5.41) is 0. The molecule has 0 spiro atoms. The fourth-order valence-electron chi connectivity index (χ4n) is 3.07. The van der Waals surface area contributed by atoms with Gasteiger partial charge >= 0.3 is 5.63 Å². The first-order valence-corrected chi connectivity index (χ1v) is 8.38. The van der Waals surface area contributed by atoms with Crippen LogP contribution in [0.2, 0.25) is 0 Å². The highest BCUT2D eigenvalue weighted by Crippen LogP contribution is 2.20. The third kappa shape index (κ3) is 3.28. The summed E-state index contributed by atoms with van der Waals surface area (Å²) in [6.45, 7) is 2.70. The average molecular weight is 351 g/mol. The van der Waals surface area contributed by atoms with Crippen molar-refractivity contribution in [3.05, 3.63) is 64.5 Å². The standard InChI is InChI=1S/C19H17N3O4/c1-12-8-14(9-18(23)25-12)26-13-6-7-22(11-13)19(24)17-10-20-15-4-2-3-5-16(15)21-17/h2-5,8-10,13H,6-7,11H2,1H3. The number of hydrogen-bond donors (Lipinski definition) is 0. The van der Waals surface area contributed by atoms with Crippen LogP contribution in [0, 0.1) is 6.92 Å². The Labute approximate surface area is 149 Å². The van der Waals surface area contributed by atoms with Crippen LogP contribution in [0.25, 0.3) is 11.0 Å². The predicted molar refractivity (Wildman–Crippen MR) is 94.2 cm³/mol. The lowest BCUT2D eigenvalue weighted by atomic mass is 10.3. The molecule has 1 saturated heterocycles. The monoisotopic (exact) mass is 351 g/mol. The molecular formula is C19H17N3O4. The van der Waals surface area contributed by atoms with E-state index < -0.39 is 5.63 Å². The second kappa shape index (κ2) is 6.59. The van der Waals surface area contributed by atoms with Gasteiger partial charge in [-0.2, -0.15) is 0 Å². The number of carbonyl (C=O) groups is 1. The van der Waals surface area contributed by atoms with Crippen LogP contribution in [0.5, 0.6) is 5.75 Å². The van der Waals surface area contributed by atoms with Gasteiger partial charge in [-0.05, 0) is 19.1 Å². The van der Waals surface area contributed by atoms with Gasteiger partial charge in [0.15, 0.2) is 0 Å². The van der Waals surface area contributed by atoms with Crippen LogP contribution < -0.4 is 10.4 Å². The molecule has 1 aliphatic heterocycles. The SMILES string of the molecule is Cc1cc(OC2CCN(C(=O)c3cnc4ccccc4n3)C2)cc(=O)o1. The fourth-order valence-corrected chi connectivity index (χ4v) is 3.07. The molecule has 4 rings (SSSR count). The van der Waals surface area contributed by atoms with E-state index in [4.69, 9.17) is 9.15 Å². The van der Waals surface area contributed by atoms with Crippen molar-refractivity contribution in [1.29, 1.82) is 0 Å². The smallest absolute Gasteiger partial charge is 0.339 e. The summed E-state index contributed by atoms with van der Waals surface area (Å²) in [6, 6.07) is 10.4. The topological polar surface area (TPSA) is 85.5 Å². The summed E-state index contributed by atoms with van der Waals surface area (Å²) >= 11 is 0. The molecule has 132 valence electrons. The number of likely N-dealkylation sites (tertiary alicyclic amines) is 1. The highest BCUT2D eigenvalue weighted by molar-refractivity contribution is 5.94. The van der Waals surface area contributed by atoms with E-state index in [2.05, 4.69) is 9.97 Å². The molecule has 1 aliphatic rings. The molecule has 0 saturated carbocycles. The van der Waals surface area contributed by atoms with E-state index in [-0.39, 0.29) is 12.0 Å². The van der Waals surface area contributed by atoms with E-state index >= 15 is 0 Å². The summed E-state index contributed by atoms with van der Waals surface area (Å²) in [7, 11) is 0. The second-order valence-electron chi connectivity index (χ2n) is 6.25. The first-order chi connectivity index (χ1) is 12.6. The number of ether oxygens (including phenoxy) is 1. The molecule has 7 nitrogen and oxygen atoms in total. The quantitative estimate of drug-likeness (QED) is 0.719.